The van der Waals surface area contributed by atoms with Gasteiger partial charge in [0.2, 0.25) is 0 Å². The van der Waals surface area contributed by atoms with Crippen LogP contribution in [0.3, 0.4) is 0 Å². The van der Waals surface area contributed by atoms with Gasteiger partial charge in [-0.1, -0.05) is 113 Å². The van der Waals surface area contributed by atoms with Crippen LogP contribution in [0.1, 0.15) is 22.3 Å². The van der Waals surface area contributed by atoms with Gasteiger partial charge in [0.25, 0.3) is 0 Å². The molecule has 0 saturated carbocycles. The van der Waals surface area contributed by atoms with Crippen LogP contribution in [0.2, 0.25) is 0 Å². The lowest BCUT2D eigenvalue weighted by atomic mass is 10.00. The number of anilines is 3. The van der Waals surface area contributed by atoms with Gasteiger partial charge in [-0.3, -0.25) is 0 Å². The zero-order valence-electron chi connectivity index (χ0n) is 25.8. The first-order valence-corrected chi connectivity index (χ1v) is 18.7. The molecule has 6 aromatic carbocycles. The predicted molar refractivity (Wildman–Crippen MR) is 191 cm³/mol. The minimum Gasteiger partial charge on any atom is -0.308 e. The van der Waals surface area contributed by atoms with Crippen LogP contribution < -0.4 is 36.7 Å². The summed E-state index contributed by atoms with van der Waals surface area (Å²) in [7, 11) is -6.84. The number of hydrogen-bond donors (Lipinski definition) is 0. The average Bonchev–Trinajstić information content (AvgIpc) is 3.05. The third kappa shape index (κ3) is 4.04. The van der Waals surface area contributed by atoms with E-state index >= 15 is 9.13 Å². The van der Waals surface area contributed by atoms with E-state index in [-0.39, 0.29) is 0 Å². The van der Waals surface area contributed by atoms with Crippen molar-refractivity contribution in [3.8, 4) is 11.1 Å². The van der Waals surface area contributed by atoms with E-state index in [9.17, 15) is 0 Å². The first kappa shape index (κ1) is 28.1. The second-order valence-corrected chi connectivity index (χ2v) is 17.8. The normalized spacial score (nSPS) is 19.4. The highest BCUT2D eigenvalue weighted by Gasteiger charge is 2.50. The molecule has 2 unspecified atom stereocenters. The number of nitrogens with zero attached hydrogens (tertiary/aromatic N) is 1. The summed E-state index contributed by atoms with van der Waals surface area (Å²) < 4.78 is 32.4. The van der Waals surface area contributed by atoms with Gasteiger partial charge >= 0.3 is 0 Å². The van der Waals surface area contributed by atoms with Crippen molar-refractivity contribution >= 4 is 63.2 Å². The van der Waals surface area contributed by atoms with Crippen LogP contribution in [-0.4, -0.2) is 0 Å². The fourth-order valence-corrected chi connectivity index (χ4v) is 13.6. The van der Waals surface area contributed by atoms with Crippen LogP contribution >= 0.6 is 14.3 Å². The quantitative estimate of drug-likeness (QED) is 0.188. The minimum absolute atomic E-state index is 0.737. The van der Waals surface area contributed by atoms with Gasteiger partial charge < -0.3 is 14.0 Å². The van der Waals surface area contributed by atoms with Gasteiger partial charge in [-0.05, 0) is 75.2 Å². The molecule has 0 aliphatic carbocycles. The van der Waals surface area contributed by atoms with Crippen molar-refractivity contribution in [1.82, 2.24) is 0 Å². The molecule has 2 aliphatic heterocycles. The molecular formula is C40H33NO2P2. The SMILES string of the molecule is Cc1cc(C)cc(-c2cc3c4c(c2)P(=O)(c2ccccc2)c2cc(C)ccc2N4c2ccc(C)cc2P3(=O)c2ccccc2)c1. The van der Waals surface area contributed by atoms with Crippen molar-refractivity contribution in [2.45, 2.75) is 27.7 Å². The van der Waals surface area contributed by atoms with Gasteiger partial charge in [0.1, 0.15) is 0 Å². The molecule has 2 aliphatic rings. The third-order valence-corrected chi connectivity index (χ3v) is 15.4. The van der Waals surface area contributed by atoms with Crippen LogP contribution in [0.25, 0.3) is 11.1 Å². The maximum atomic E-state index is 16.2. The summed E-state index contributed by atoms with van der Waals surface area (Å²) in [6.07, 6.45) is 0. The maximum Gasteiger partial charge on any atom is 0.175 e. The van der Waals surface area contributed by atoms with Gasteiger partial charge in [0, 0.05) is 31.8 Å². The Morgan fingerprint density at radius 1 is 0.422 bits per heavy atom. The first-order chi connectivity index (χ1) is 21.7. The summed E-state index contributed by atoms with van der Waals surface area (Å²) in [6, 6.07) is 43.0. The molecule has 0 spiro atoms. The van der Waals surface area contributed by atoms with Gasteiger partial charge in [-0.2, -0.15) is 0 Å². The van der Waals surface area contributed by atoms with E-state index in [2.05, 4.69) is 99.3 Å². The maximum absolute atomic E-state index is 16.2. The second-order valence-electron chi connectivity index (χ2n) is 12.4. The molecule has 0 N–H and O–H groups in total. The van der Waals surface area contributed by atoms with Crippen LogP contribution in [0.15, 0.2) is 127 Å². The molecule has 8 rings (SSSR count). The first-order valence-electron chi connectivity index (χ1n) is 15.3. The highest BCUT2D eigenvalue weighted by atomic mass is 31.2. The number of hydrogen-bond acceptors (Lipinski definition) is 3. The van der Waals surface area contributed by atoms with E-state index in [0.29, 0.717) is 0 Å². The smallest absolute Gasteiger partial charge is 0.175 e. The summed E-state index contributed by atoms with van der Waals surface area (Å²) in [4.78, 5) is 2.23. The van der Waals surface area contributed by atoms with E-state index in [1.165, 1.54) is 0 Å². The Hall–Kier alpha value is -4.42. The van der Waals surface area contributed by atoms with Gasteiger partial charge in [-0.25, -0.2) is 0 Å². The summed E-state index contributed by atoms with van der Waals surface area (Å²) in [5.41, 5.74) is 8.91. The van der Waals surface area contributed by atoms with Gasteiger partial charge in [0.15, 0.2) is 14.3 Å². The fourth-order valence-electron chi connectivity index (χ4n) is 7.23. The Balaban J connectivity index is 1.60. The third-order valence-electron chi connectivity index (χ3n) is 9.19. The topological polar surface area (TPSA) is 37.4 Å². The van der Waals surface area contributed by atoms with Crippen molar-refractivity contribution in [1.29, 1.82) is 0 Å². The molecule has 0 bridgehead atoms. The molecular weight excluding hydrogens is 588 g/mol. The Labute approximate surface area is 265 Å². The molecule has 6 aromatic rings. The highest BCUT2D eigenvalue weighted by molar-refractivity contribution is 7.88. The molecule has 0 saturated heterocycles. The molecule has 0 amide bonds. The van der Waals surface area contributed by atoms with Crippen LogP contribution in [-0.2, 0) is 9.13 Å². The number of rotatable bonds is 3. The van der Waals surface area contributed by atoms with Crippen molar-refractivity contribution in [2.24, 2.45) is 0 Å². The van der Waals surface area contributed by atoms with Crippen molar-refractivity contribution < 1.29 is 9.13 Å². The summed E-state index contributed by atoms with van der Waals surface area (Å²) in [5, 5.41) is 4.66. The van der Waals surface area contributed by atoms with Crippen molar-refractivity contribution in [3.05, 3.63) is 150 Å². The summed E-state index contributed by atoms with van der Waals surface area (Å²) >= 11 is 0. The van der Waals surface area contributed by atoms with E-state index < -0.39 is 14.3 Å². The molecule has 0 radical (unpaired) electrons. The van der Waals surface area contributed by atoms with E-state index in [4.69, 9.17) is 0 Å². The zero-order chi connectivity index (χ0) is 31.1. The number of benzene rings is 6. The molecule has 220 valence electrons. The van der Waals surface area contributed by atoms with E-state index in [0.717, 1.165) is 82.3 Å². The lowest BCUT2D eigenvalue weighted by molar-refractivity contribution is 0.592. The van der Waals surface area contributed by atoms with Crippen molar-refractivity contribution in [3.63, 3.8) is 0 Å². The van der Waals surface area contributed by atoms with Crippen LogP contribution in [0, 0.1) is 27.7 Å². The van der Waals surface area contributed by atoms with Crippen molar-refractivity contribution in [2.75, 3.05) is 4.90 Å². The predicted octanol–water partition coefficient (Wildman–Crippen LogP) is 7.96. The molecule has 0 aromatic heterocycles. The molecule has 2 atom stereocenters. The second kappa shape index (κ2) is 10.0. The Kier molecular flexibility index (Phi) is 6.27. The Bertz CT molecular complexity index is 2120. The lowest BCUT2D eigenvalue weighted by Crippen LogP contribution is -2.46. The summed E-state index contributed by atoms with van der Waals surface area (Å²) in [5.74, 6) is 0. The van der Waals surface area contributed by atoms with Gasteiger partial charge in [-0.15, -0.1) is 0 Å². The molecule has 45 heavy (non-hydrogen) atoms. The van der Waals surface area contributed by atoms with E-state index in [1.54, 1.807) is 0 Å². The number of aryl methyl sites for hydroxylation is 4. The average molecular weight is 622 g/mol. The molecule has 5 heteroatoms. The van der Waals surface area contributed by atoms with Gasteiger partial charge in [0.05, 0.1) is 17.1 Å². The number of fused-ring (bicyclic) bond motifs is 4. The monoisotopic (exact) mass is 621 g/mol. The van der Waals surface area contributed by atoms with Crippen LogP contribution in [0.5, 0.6) is 0 Å². The Morgan fingerprint density at radius 3 is 1.29 bits per heavy atom. The molecule has 2 heterocycles. The van der Waals surface area contributed by atoms with E-state index in [1.807, 2.05) is 60.7 Å². The van der Waals surface area contributed by atoms with Crippen LogP contribution in [0.4, 0.5) is 17.1 Å². The molecule has 3 nitrogen and oxygen atoms in total. The molecule has 0 fully saturated rings. The Morgan fingerprint density at radius 2 is 0.844 bits per heavy atom. The minimum atomic E-state index is -3.42. The highest BCUT2D eigenvalue weighted by Crippen LogP contribution is 2.61. The fraction of sp³-hybridized carbons (Fsp3) is 0.100. The summed E-state index contributed by atoms with van der Waals surface area (Å²) in [6.45, 7) is 8.31. The zero-order valence-corrected chi connectivity index (χ0v) is 27.6. The standard InChI is InChI=1S/C40H33NO2P2/c1-26-15-17-34-36(22-26)44(42,32-11-7-5-8-12-32)38-24-31(30-20-28(3)19-29(4)21-30)25-39-40(38)41(34)35-18-16-27(2)23-37(35)45(39,43)33-13-9-6-10-14-33/h5-25H,1-4H3. The largest absolute Gasteiger partial charge is 0.308 e. The lowest BCUT2D eigenvalue weighted by Gasteiger charge is -2.45.